The van der Waals surface area contributed by atoms with Crippen LogP contribution in [-0.4, -0.2) is 4.57 Å². The third kappa shape index (κ3) is 6.53. The Morgan fingerprint density at radius 1 is 0.413 bits per heavy atom. The fourth-order valence-electron chi connectivity index (χ4n) is 9.69. The molecule has 0 N–H and O–H groups in total. The largest absolute Gasteiger partial charge is 0.309 e. The van der Waals surface area contributed by atoms with E-state index < -0.39 is 0 Å². The van der Waals surface area contributed by atoms with Gasteiger partial charge in [-0.3, -0.25) is 0 Å². The third-order valence-electron chi connectivity index (χ3n) is 12.9. The minimum Gasteiger partial charge on any atom is -0.309 e. The summed E-state index contributed by atoms with van der Waals surface area (Å²) in [4.78, 5) is 2.57. The van der Waals surface area contributed by atoms with E-state index in [-0.39, 0.29) is 10.8 Å². The van der Waals surface area contributed by atoms with Crippen LogP contribution in [0.1, 0.15) is 52.7 Å². The Morgan fingerprint density at radius 3 is 1.73 bits per heavy atom. The van der Waals surface area contributed by atoms with Crippen molar-refractivity contribution in [3.8, 4) is 27.9 Å². The second-order valence-electron chi connectivity index (χ2n) is 19.0. The minimum atomic E-state index is -0.00517. The van der Waals surface area contributed by atoms with Gasteiger partial charge in [-0.15, -0.1) is 11.3 Å². The molecule has 0 fully saturated rings. The number of fused-ring (bicyclic) bond motifs is 7. The Morgan fingerprint density at radius 2 is 0.968 bits per heavy atom. The first-order chi connectivity index (χ1) is 30.5. The molecular formula is C60H50N2S. The topological polar surface area (TPSA) is 8.17 Å². The molecule has 11 rings (SSSR count). The number of hydrogen-bond donors (Lipinski definition) is 0. The molecule has 0 amide bonds. The molecule has 9 aromatic carbocycles. The van der Waals surface area contributed by atoms with Crippen LogP contribution in [0.25, 0.3) is 80.7 Å². The Balaban J connectivity index is 1.24. The van der Waals surface area contributed by atoms with Crippen LogP contribution in [-0.2, 0) is 10.8 Å². The molecule has 0 atom stereocenters. The normalized spacial score (nSPS) is 12.3. The van der Waals surface area contributed by atoms with E-state index in [1.54, 1.807) is 0 Å². The molecule has 0 aliphatic carbocycles. The predicted molar refractivity (Wildman–Crippen MR) is 274 cm³/mol. The molecule has 0 unspecified atom stereocenters. The lowest BCUT2D eigenvalue weighted by atomic mass is 9.78. The average molecular weight is 831 g/mol. The molecule has 11 aromatic rings. The van der Waals surface area contributed by atoms with Crippen LogP contribution < -0.4 is 4.90 Å². The summed E-state index contributed by atoms with van der Waals surface area (Å²) in [5, 5.41) is 7.49. The summed E-state index contributed by atoms with van der Waals surface area (Å²) in [6.45, 7) is 14.0. The van der Waals surface area contributed by atoms with E-state index in [0.29, 0.717) is 0 Å². The number of para-hydroxylation sites is 3. The summed E-state index contributed by atoms with van der Waals surface area (Å²) in [6.07, 6.45) is 0. The van der Waals surface area contributed by atoms with Crippen LogP contribution in [0, 0.1) is 0 Å². The Kier molecular flexibility index (Phi) is 9.19. The Bertz CT molecular complexity index is 3500. The highest BCUT2D eigenvalue weighted by molar-refractivity contribution is 7.26. The molecule has 0 saturated carbocycles. The lowest BCUT2D eigenvalue weighted by Crippen LogP contribution is -2.16. The van der Waals surface area contributed by atoms with E-state index in [1.807, 2.05) is 11.3 Å². The number of benzene rings is 9. The molecular weight excluding hydrogens is 781 g/mol. The molecule has 0 spiro atoms. The van der Waals surface area contributed by atoms with Crippen LogP contribution in [0.4, 0.5) is 17.1 Å². The Labute approximate surface area is 374 Å². The van der Waals surface area contributed by atoms with Crippen molar-refractivity contribution in [3.05, 3.63) is 205 Å². The monoisotopic (exact) mass is 830 g/mol. The SMILES string of the molecule is CC(C)(C)c1cc(-c2cccc3cccc(-c4ccccc4N(c4cccc5c4sc4ccccc45)c4cccc5c4c4ccccc4n5-c4ccccc4)c23)cc(C(C)(C)C)c1. The lowest BCUT2D eigenvalue weighted by molar-refractivity contribution is 0.569. The number of rotatable bonds is 6. The maximum Gasteiger partial charge on any atom is 0.0640 e. The van der Waals surface area contributed by atoms with Crippen LogP contribution in [0.3, 0.4) is 0 Å². The van der Waals surface area contributed by atoms with Crippen LogP contribution in [0.5, 0.6) is 0 Å². The third-order valence-corrected chi connectivity index (χ3v) is 14.1. The molecule has 2 aromatic heterocycles. The average Bonchev–Trinajstić information content (AvgIpc) is 3.85. The molecule has 0 saturated heterocycles. The van der Waals surface area contributed by atoms with E-state index in [1.165, 1.54) is 91.8 Å². The van der Waals surface area contributed by atoms with Gasteiger partial charge in [-0.25, -0.2) is 0 Å². The second kappa shape index (κ2) is 14.9. The number of anilines is 3. The van der Waals surface area contributed by atoms with E-state index in [9.17, 15) is 0 Å². The van der Waals surface area contributed by atoms with Crippen molar-refractivity contribution in [3.63, 3.8) is 0 Å². The first-order valence-corrected chi connectivity index (χ1v) is 22.9. The first-order valence-electron chi connectivity index (χ1n) is 22.1. The maximum absolute atomic E-state index is 2.57. The summed E-state index contributed by atoms with van der Waals surface area (Å²) in [5.74, 6) is 0. The summed E-state index contributed by atoms with van der Waals surface area (Å²) in [5.41, 5.74) is 14.5. The lowest BCUT2D eigenvalue weighted by Gasteiger charge is -2.30. The van der Waals surface area contributed by atoms with Crippen molar-refractivity contribution >= 4 is 81.1 Å². The molecule has 0 radical (unpaired) electrons. The zero-order valence-electron chi connectivity index (χ0n) is 36.8. The molecule has 0 bridgehead atoms. The molecule has 0 aliphatic rings. The van der Waals surface area contributed by atoms with E-state index in [0.717, 1.165) is 17.1 Å². The van der Waals surface area contributed by atoms with Gasteiger partial charge < -0.3 is 9.47 Å². The first kappa shape index (κ1) is 38.9. The van der Waals surface area contributed by atoms with Crippen molar-refractivity contribution in [1.29, 1.82) is 0 Å². The zero-order chi connectivity index (χ0) is 43.0. The van der Waals surface area contributed by atoms with Crippen molar-refractivity contribution in [1.82, 2.24) is 4.57 Å². The van der Waals surface area contributed by atoms with Crippen molar-refractivity contribution in [2.45, 2.75) is 52.4 Å². The molecule has 63 heavy (non-hydrogen) atoms. The number of hydrogen-bond acceptors (Lipinski definition) is 2. The van der Waals surface area contributed by atoms with E-state index >= 15 is 0 Å². The van der Waals surface area contributed by atoms with Crippen molar-refractivity contribution < 1.29 is 0 Å². The molecule has 2 nitrogen and oxygen atoms in total. The van der Waals surface area contributed by atoms with Gasteiger partial charge >= 0.3 is 0 Å². The minimum absolute atomic E-state index is 0.00517. The quantitative estimate of drug-likeness (QED) is 0.162. The number of thiophene rings is 1. The van der Waals surface area contributed by atoms with Gasteiger partial charge in [-0.1, -0.05) is 187 Å². The fraction of sp³-hybridized carbons (Fsp3) is 0.133. The van der Waals surface area contributed by atoms with Crippen LogP contribution >= 0.6 is 11.3 Å². The number of nitrogens with zero attached hydrogens (tertiary/aromatic N) is 2. The van der Waals surface area contributed by atoms with Crippen LogP contribution in [0.15, 0.2) is 194 Å². The highest BCUT2D eigenvalue weighted by Gasteiger charge is 2.27. The fourth-order valence-corrected chi connectivity index (χ4v) is 10.9. The van der Waals surface area contributed by atoms with Gasteiger partial charge in [0.1, 0.15) is 0 Å². The number of aromatic nitrogens is 1. The zero-order valence-corrected chi connectivity index (χ0v) is 37.6. The molecule has 2 heterocycles. The van der Waals surface area contributed by atoms with Gasteiger partial charge in [0.15, 0.2) is 0 Å². The summed E-state index contributed by atoms with van der Waals surface area (Å²) in [6, 6.07) is 72.3. The highest BCUT2D eigenvalue weighted by atomic mass is 32.1. The van der Waals surface area contributed by atoms with E-state index in [2.05, 4.69) is 245 Å². The van der Waals surface area contributed by atoms with Gasteiger partial charge in [0.2, 0.25) is 0 Å². The maximum atomic E-state index is 2.57. The summed E-state index contributed by atoms with van der Waals surface area (Å²) in [7, 11) is 0. The Hall–Kier alpha value is -6.94. The summed E-state index contributed by atoms with van der Waals surface area (Å²) >= 11 is 1.88. The second-order valence-corrected chi connectivity index (χ2v) is 20.0. The van der Waals surface area contributed by atoms with Gasteiger partial charge in [-0.05, 0) is 98.0 Å². The van der Waals surface area contributed by atoms with E-state index in [4.69, 9.17) is 0 Å². The van der Waals surface area contributed by atoms with Crippen molar-refractivity contribution in [2.24, 2.45) is 0 Å². The predicted octanol–water partition coefficient (Wildman–Crippen LogP) is 17.7. The molecule has 306 valence electrons. The highest BCUT2D eigenvalue weighted by Crippen LogP contribution is 2.51. The van der Waals surface area contributed by atoms with Gasteiger partial charge in [0.25, 0.3) is 0 Å². The van der Waals surface area contributed by atoms with Gasteiger partial charge in [0, 0.05) is 37.5 Å². The summed E-state index contributed by atoms with van der Waals surface area (Å²) < 4.78 is 4.98. The van der Waals surface area contributed by atoms with Crippen molar-refractivity contribution in [2.75, 3.05) is 4.90 Å². The van der Waals surface area contributed by atoms with Gasteiger partial charge in [0.05, 0.1) is 32.8 Å². The van der Waals surface area contributed by atoms with Crippen LogP contribution in [0.2, 0.25) is 0 Å². The molecule has 3 heteroatoms. The molecule has 0 aliphatic heterocycles. The smallest absolute Gasteiger partial charge is 0.0640 e. The van der Waals surface area contributed by atoms with Gasteiger partial charge in [-0.2, -0.15) is 0 Å². The standard InChI is InChI=1S/C60H50N2S/c1-59(2,3)41-36-40(37-42(38-41)60(4,5)6)44-27-16-20-39-21-17-28-47(56(39)44)45-24-10-13-30-50(45)62(54-34-18-29-48-46-25-12-15-35-55(46)63-58(48)54)53-33-19-32-52-57(53)49-26-11-14-31-51(49)61(52)43-22-8-7-9-23-43/h7-38H,1-6H3.